The maximum absolute atomic E-state index is 15.3. The minimum Gasteiger partial charge on any atom is -0.474 e. The first-order chi connectivity index (χ1) is 34.0. The van der Waals surface area contributed by atoms with Crippen LogP contribution in [0, 0.1) is 37.3 Å². The summed E-state index contributed by atoms with van der Waals surface area (Å²) in [5.41, 5.74) is 17.1. The quantitative estimate of drug-likeness (QED) is 0.102. The number of nitrogens with zero attached hydrogens (tertiary/aromatic N) is 4. The number of rotatable bonds is 6. The number of benzene rings is 2. The van der Waals surface area contributed by atoms with Gasteiger partial charge in [0.15, 0.2) is 11.6 Å². The van der Waals surface area contributed by atoms with Gasteiger partial charge in [0.25, 0.3) is 0 Å². The summed E-state index contributed by atoms with van der Waals surface area (Å²) in [5.74, 6) is 0.438. The lowest BCUT2D eigenvalue weighted by molar-refractivity contribution is 0.0355. The van der Waals surface area contributed by atoms with E-state index in [-0.39, 0.29) is 59.3 Å². The molecule has 8 N–H and O–H groups in total. The van der Waals surface area contributed by atoms with E-state index in [1.54, 1.807) is 36.7 Å². The highest BCUT2D eigenvalue weighted by Gasteiger charge is 2.45. The van der Waals surface area contributed by atoms with Crippen LogP contribution >= 0.6 is 0 Å². The molecule has 0 bridgehead atoms. The molecule has 12 rings (SSSR count). The van der Waals surface area contributed by atoms with Crippen molar-refractivity contribution in [3.8, 4) is 34.0 Å². The Labute approximate surface area is 398 Å². The number of pyridine rings is 4. The Morgan fingerprint density at radius 1 is 0.614 bits per heavy atom. The van der Waals surface area contributed by atoms with E-state index in [0.29, 0.717) is 122 Å². The van der Waals surface area contributed by atoms with Gasteiger partial charge in [-0.05, 0) is 60.0 Å². The van der Waals surface area contributed by atoms with E-state index >= 15 is 8.78 Å². The summed E-state index contributed by atoms with van der Waals surface area (Å²) >= 11 is 0. The Hall–Kier alpha value is -7.40. The second-order valence-electron chi connectivity index (χ2n) is 17.7. The third kappa shape index (κ3) is 8.35. The number of nitrogens with one attached hydrogen (secondary N) is 4. The fourth-order valence-electron chi connectivity index (χ4n) is 9.72. The van der Waals surface area contributed by atoms with Crippen LogP contribution in [0.4, 0.5) is 52.8 Å². The van der Waals surface area contributed by atoms with Gasteiger partial charge in [-0.15, -0.1) is 0 Å². The Kier molecular flexibility index (Phi) is 11.9. The molecule has 6 atom stereocenters. The Bertz CT molecular complexity index is 2870. The molecule has 0 saturated carbocycles. The number of carbonyl (C=O) groups excluding carboxylic acids is 2. The number of fused-ring (bicyclic) bond motifs is 6. The van der Waals surface area contributed by atoms with Crippen molar-refractivity contribution in [2.75, 3.05) is 98.7 Å². The summed E-state index contributed by atoms with van der Waals surface area (Å²) in [4.78, 5) is 42.1. The van der Waals surface area contributed by atoms with Crippen LogP contribution in [0.3, 0.4) is 0 Å². The van der Waals surface area contributed by atoms with Gasteiger partial charge in [-0.3, -0.25) is 10.6 Å². The van der Waals surface area contributed by atoms with Gasteiger partial charge in [-0.2, -0.15) is 0 Å². The number of ether oxygens (including phenoxy) is 8. The molecule has 70 heavy (non-hydrogen) atoms. The monoisotopic (exact) mass is 962 g/mol. The van der Waals surface area contributed by atoms with Crippen molar-refractivity contribution in [3.05, 3.63) is 71.8 Å². The molecule has 0 aliphatic carbocycles. The molecule has 2 aromatic carbocycles. The lowest BCUT2D eigenvalue weighted by Crippen LogP contribution is -2.30. The van der Waals surface area contributed by atoms with Crippen LogP contribution in [-0.2, 0) is 28.4 Å². The van der Waals surface area contributed by atoms with E-state index in [0.717, 1.165) is 22.5 Å². The number of anilines is 6. The van der Waals surface area contributed by atoms with E-state index in [2.05, 4.69) is 41.2 Å². The van der Waals surface area contributed by atoms with Crippen LogP contribution in [0.15, 0.2) is 49.1 Å². The SMILES string of the molecule is Cc1c(-c2cc3cc(NC(=O)O[C@@H]4CO[C@H]5COC[C@H]54)ncc3c(N)c2F)cnc2c1NCCO2.Cc1c(-c2cc3cc(NC(=O)O[C@H]4CO[C@@H]5COC[C@H]45)ncc3c(N)c2F)cnc2c1NCCO2. The van der Waals surface area contributed by atoms with Crippen LogP contribution in [0.1, 0.15) is 11.1 Å². The summed E-state index contributed by atoms with van der Waals surface area (Å²) in [5, 5.41) is 13.9. The van der Waals surface area contributed by atoms with Gasteiger partial charge < -0.3 is 60.0 Å². The molecule has 20 nitrogen and oxygen atoms in total. The number of aromatic nitrogens is 4. The van der Waals surface area contributed by atoms with Gasteiger partial charge in [0.05, 0.1) is 75.1 Å². The van der Waals surface area contributed by atoms with Crippen LogP contribution in [-0.4, -0.2) is 122 Å². The van der Waals surface area contributed by atoms with Crippen LogP contribution in [0.5, 0.6) is 11.8 Å². The van der Waals surface area contributed by atoms with E-state index < -0.39 is 23.8 Å². The third-order valence-electron chi connectivity index (χ3n) is 13.5. The number of nitrogens with two attached hydrogens (primary N) is 2. The molecule has 4 saturated heterocycles. The fourth-order valence-corrected chi connectivity index (χ4v) is 9.72. The molecule has 0 radical (unpaired) electrons. The molecule has 6 aromatic rings. The van der Waals surface area contributed by atoms with Crippen LogP contribution < -0.4 is 42.2 Å². The van der Waals surface area contributed by atoms with Crippen molar-refractivity contribution in [1.82, 2.24) is 19.9 Å². The third-order valence-corrected chi connectivity index (χ3v) is 13.5. The number of amides is 2. The number of hydrogen-bond acceptors (Lipinski definition) is 18. The molecule has 6 aliphatic rings. The van der Waals surface area contributed by atoms with Gasteiger partial charge in [0.1, 0.15) is 48.4 Å². The predicted octanol–water partition coefficient (Wildman–Crippen LogP) is 6.19. The lowest BCUT2D eigenvalue weighted by atomic mass is 9.97. The summed E-state index contributed by atoms with van der Waals surface area (Å²) in [6, 6.07) is 6.60. The molecule has 4 fully saturated rings. The number of hydrogen-bond donors (Lipinski definition) is 6. The molecule has 4 aromatic heterocycles. The van der Waals surface area contributed by atoms with E-state index in [1.165, 1.54) is 12.4 Å². The maximum Gasteiger partial charge on any atom is 0.413 e. The van der Waals surface area contributed by atoms with Gasteiger partial charge in [-0.1, -0.05) is 0 Å². The van der Waals surface area contributed by atoms with Crippen molar-refractivity contribution in [3.63, 3.8) is 0 Å². The first-order valence-corrected chi connectivity index (χ1v) is 22.8. The molecule has 0 spiro atoms. The summed E-state index contributed by atoms with van der Waals surface area (Å²) in [6.45, 7) is 8.77. The lowest BCUT2D eigenvalue weighted by Gasteiger charge is -2.22. The fraction of sp³-hybridized carbons (Fsp3) is 0.375. The second kappa shape index (κ2) is 18.5. The summed E-state index contributed by atoms with van der Waals surface area (Å²) in [7, 11) is 0. The molecule has 6 aliphatic heterocycles. The molecular weight excluding hydrogens is 915 g/mol. The largest absolute Gasteiger partial charge is 0.474 e. The summed E-state index contributed by atoms with van der Waals surface area (Å²) < 4.78 is 74.9. The van der Waals surface area contributed by atoms with E-state index in [1.807, 2.05) is 13.8 Å². The molecule has 22 heteroatoms. The topological polar surface area (TPSA) is 260 Å². The maximum atomic E-state index is 15.3. The van der Waals surface area contributed by atoms with Crippen LogP contribution in [0.2, 0.25) is 0 Å². The first-order valence-electron chi connectivity index (χ1n) is 22.8. The Morgan fingerprint density at radius 3 is 1.50 bits per heavy atom. The molecule has 2 amide bonds. The van der Waals surface area contributed by atoms with Gasteiger partial charge >= 0.3 is 12.2 Å². The van der Waals surface area contributed by atoms with Crippen molar-refractivity contribution >= 4 is 68.1 Å². The normalized spacial score (nSPS) is 22.7. The van der Waals surface area contributed by atoms with E-state index in [9.17, 15) is 9.59 Å². The number of carbonyl (C=O) groups is 2. The second-order valence-corrected chi connectivity index (χ2v) is 17.7. The van der Waals surface area contributed by atoms with Gasteiger partial charge in [0.2, 0.25) is 11.8 Å². The van der Waals surface area contributed by atoms with Crippen molar-refractivity contribution < 1.29 is 56.3 Å². The Balaban J connectivity index is 0.000000152. The average molecular weight is 963 g/mol. The molecule has 10 heterocycles. The number of halogens is 2. The minimum absolute atomic E-state index is 0.0315. The van der Waals surface area contributed by atoms with E-state index in [4.69, 9.17) is 49.4 Å². The van der Waals surface area contributed by atoms with Crippen molar-refractivity contribution in [2.24, 2.45) is 11.8 Å². The van der Waals surface area contributed by atoms with Gasteiger partial charge in [0, 0.05) is 70.9 Å². The molecular formula is C48H48F2N10O10. The van der Waals surface area contributed by atoms with Crippen molar-refractivity contribution in [2.45, 2.75) is 38.3 Å². The zero-order valence-corrected chi connectivity index (χ0v) is 37.9. The summed E-state index contributed by atoms with van der Waals surface area (Å²) in [6.07, 6.45) is 3.90. The first kappa shape index (κ1) is 45.1. The predicted molar refractivity (Wildman–Crippen MR) is 252 cm³/mol. The average Bonchev–Trinajstić information content (AvgIpc) is 4.19. The molecule has 364 valence electrons. The minimum atomic E-state index is -0.644. The standard InChI is InChI=1S/2C24H24FN5O5/c2*1-11-14(6-29-23-22(11)27-2-3-33-23)13-4-12-5-19(28-7-15(12)21(26)20(13)25)30-24(31)35-18-10-34-17-9-32-8-16(17)18/h2*4-7,16-18,27H,2-3,8-10,26H2,1H3,(H,28,30,31)/t2*16-,17+,18-/m10/s1. The molecule has 0 unspecified atom stereocenters. The highest BCUT2D eigenvalue weighted by molar-refractivity contribution is 6.01. The van der Waals surface area contributed by atoms with Crippen LogP contribution in [0.25, 0.3) is 43.8 Å². The van der Waals surface area contributed by atoms with Crippen molar-refractivity contribution in [1.29, 1.82) is 0 Å². The zero-order valence-electron chi connectivity index (χ0n) is 37.9. The Morgan fingerprint density at radius 2 is 1.06 bits per heavy atom. The highest BCUT2D eigenvalue weighted by atomic mass is 19.1. The van der Waals surface area contributed by atoms with Gasteiger partial charge in [-0.25, -0.2) is 38.3 Å². The number of nitrogen functional groups attached to an aromatic ring is 2. The smallest absolute Gasteiger partial charge is 0.413 e. The zero-order chi connectivity index (χ0) is 48.2. The highest BCUT2D eigenvalue weighted by Crippen LogP contribution is 2.42.